The van der Waals surface area contributed by atoms with E-state index in [0.29, 0.717) is 30.8 Å². The summed E-state index contributed by atoms with van der Waals surface area (Å²) in [6, 6.07) is 11.7. The number of rotatable bonds is 4. The molecule has 148 valence electrons. The topological polar surface area (TPSA) is 106 Å². The number of anilines is 1. The number of ether oxygens (including phenoxy) is 1. The van der Waals surface area contributed by atoms with E-state index in [1.165, 1.54) is 0 Å². The zero-order valence-electron chi connectivity index (χ0n) is 16.5. The SMILES string of the molecule is CC(C)OC(=O)NC1Cc2c(n(Cc3cccnc3N)c3ccc(C#N)cc23)C1. The first-order chi connectivity index (χ1) is 14.0. The Kier molecular flexibility index (Phi) is 4.85. The molecular weight excluding hydrogens is 366 g/mol. The number of fused-ring (bicyclic) bond motifs is 3. The van der Waals surface area contributed by atoms with Gasteiger partial charge in [-0.15, -0.1) is 0 Å². The van der Waals surface area contributed by atoms with Crippen LogP contribution in [0.4, 0.5) is 10.6 Å². The smallest absolute Gasteiger partial charge is 0.407 e. The molecule has 0 fully saturated rings. The van der Waals surface area contributed by atoms with Crippen LogP contribution in [-0.4, -0.2) is 27.8 Å². The fraction of sp³-hybridized carbons (Fsp3) is 0.318. The lowest BCUT2D eigenvalue weighted by atomic mass is 10.1. The number of carbonyl (C=O) groups excluding carboxylic acids is 1. The van der Waals surface area contributed by atoms with Crippen molar-refractivity contribution in [2.24, 2.45) is 0 Å². The van der Waals surface area contributed by atoms with Gasteiger partial charge in [0.1, 0.15) is 5.82 Å². The van der Waals surface area contributed by atoms with Crippen molar-refractivity contribution in [3.8, 4) is 6.07 Å². The molecule has 0 bridgehead atoms. The highest BCUT2D eigenvalue weighted by Gasteiger charge is 2.30. The maximum Gasteiger partial charge on any atom is 0.407 e. The molecule has 7 heteroatoms. The van der Waals surface area contributed by atoms with Gasteiger partial charge in [0.05, 0.1) is 24.3 Å². The van der Waals surface area contributed by atoms with Crippen molar-refractivity contribution >= 4 is 22.8 Å². The molecule has 1 atom stereocenters. The minimum atomic E-state index is -0.403. The molecule has 0 aliphatic heterocycles. The van der Waals surface area contributed by atoms with Crippen LogP contribution < -0.4 is 11.1 Å². The Balaban J connectivity index is 1.72. The summed E-state index contributed by atoms with van der Waals surface area (Å²) in [5, 5.41) is 13.3. The lowest BCUT2D eigenvalue weighted by Crippen LogP contribution is -2.37. The van der Waals surface area contributed by atoms with Gasteiger partial charge < -0.3 is 20.4 Å². The predicted octanol–water partition coefficient (Wildman–Crippen LogP) is 3.14. The van der Waals surface area contributed by atoms with Gasteiger partial charge in [0.25, 0.3) is 0 Å². The molecule has 1 unspecified atom stereocenters. The second-order valence-electron chi connectivity index (χ2n) is 7.61. The molecule has 1 aliphatic carbocycles. The van der Waals surface area contributed by atoms with Crippen LogP contribution in [0.5, 0.6) is 0 Å². The molecule has 0 spiro atoms. The first kappa shape index (κ1) is 18.8. The average molecular weight is 389 g/mol. The summed E-state index contributed by atoms with van der Waals surface area (Å²) >= 11 is 0. The summed E-state index contributed by atoms with van der Waals surface area (Å²) in [7, 11) is 0. The van der Waals surface area contributed by atoms with Crippen molar-refractivity contribution in [2.45, 2.75) is 45.4 Å². The number of aromatic nitrogens is 2. The van der Waals surface area contributed by atoms with Gasteiger partial charge in [0.2, 0.25) is 0 Å². The van der Waals surface area contributed by atoms with E-state index in [-0.39, 0.29) is 12.1 Å². The van der Waals surface area contributed by atoms with Crippen LogP contribution in [0.15, 0.2) is 36.5 Å². The lowest BCUT2D eigenvalue weighted by Gasteiger charge is -2.16. The Hall–Kier alpha value is -3.53. The number of nitrogens with one attached hydrogen (secondary N) is 1. The van der Waals surface area contributed by atoms with E-state index in [1.807, 2.05) is 44.2 Å². The summed E-state index contributed by atoms with van der Waals surface area (Å²) in [5.74, 6) is 0.505. The zero-order valence-corrected chi connectivity index (χ0v) is 16.5. The largest absolute Gasteiger partial charge is 0.447 e. The molecule has 1 aromatic carbocycles. The quantitative estimate of drug-likeness (QED) is 0.713. The monoisotopic (exact) mass is 389 g/mol. The van der Waals surface area contributed by atoms with E-state index in [0.717, 1.165) is 27.7 Å². The summed E-state index contributed by atoms with van der Waals surface area (Å²) in [6.45, 7) is 4.24. The van der Waals surface area contributed by atoms with E-state index in [9.17, 15) is 10.1 Å². The number of amides is 1. The van der Waals surface area contributed by atoms with Crippen LogP contribution >= 0.6 is 0 Å². The molecular formula is C22H23N5O2. The number of alkyl carbamates (subject to hydrolysis) is 1. The second kappa shape index (κ2) is 7.47. The van der Waals surface area contributed by atoms with Gasteiger partial charge in [-0.2, -0.15) is 5.26 Å². The van der Waals surface area contributed by atoms with Gasteiger partial charge in [0, 0.05) is 40.8 Å². The molecule has 3 N–H and O–H groups in total. The third kappa shape index (κ3) is 3.61. The van der Waals surface area contributed by atoms with Crippen LogP contribution in [0.1, 0.15) is 36.2 Å². The van der Waals surface area contributed by atoms with Crippen molar-refractivity contribution < 1.29 is 9.53 Å². The van der Waals surface area contributed by atoms with E-state index in [2.05, 4.69) is 20.9 Å². The fourth-order valence-corrected chi connectivity index (χ4v) is 4.01. The van der Waals surface area contributed by atoms with E-state index in [1.54, 1.807) is 6.20 Å². The van der Waals surface area contributed by atoms with Crippen LogP contribution in [0.25, 0.3) is 10.9 Å². The number of nitrogen functional groups attached to an aromatic ring is 1. The van der Waals surface area contributed by atoms with Crippen molar-refractivity contribution in [3.63, 3.8) is 0 Å². The van der Waals surface area contributed by atoms with Gasteiger partial charge in [-0.25, -0.2) is 9.78 Å². The zero-order chi connectivity index (χ0) is 20.5. The highest BCUT2D eigenvalue weighted by atomic mass is 16.6. The Morgan fingerprint density at radius 1 is 1.41 bits per heavy atom. The van der Waals surface area contributed by atoms with Crippen LogP contribution in [-0.2, 0) is 24.1 Å². The molecule has 1 aliphatic rings. The third-order valence-corrected chi connectivity index (χ3v) is 5.23. The number of nitrogens with zero attached hydrogens (tertiary/aromatic N) is 3. The van der Waals surface area contributed by atoms with Gasteiger partial charge in [0.15, 0.2) is 0 Å². The number of nitriles is 1. The molecule has 0 saturated carbocycles. The predicted molar refractivity (Wildman–Crippen MR) is 110 cm³/mol. The molecule has 2 heterocycles. The van der Waals surface area contributed by atoms with Gasteiger partial charge in [-0.1, -0.05) is 6.07 Å². The average Bonchev–Trinajstić information content (AvgIpc) is 3.20. The Labute approximate surface area is 169 Å². The number of benzene rings is 1. The Bertz CT molecular complexity index is 1130. The van der Waals surface area contributed by atoms with Gasteiger partial charge >= 0.3 is 6.09 Å². The second-order valence-corrected chi connectivity index (χ2v) is 7.61. The number of hydrogen-bond acceptors (Lipinski definition) is 5. The van der Waals surface area contributed by atoms with E-state index in [4.69, 9.17) is 10.5 Å². The van der Waals surface area contributed by atoms with Crippen LogP contribution in [0.3, 0.4) is 0 Å². The highest BCUT2D eigenvalue weighted by molar-refractivity contribution is 5.88. The number of carbonyl (C=O) groups is 1. The standard InChI is InChI=1S/C22H23N5O2/c1-13(2)29-22(28)26-16-9-18-17-8-14(11-23)5-6-19(17)27(20(18)10-16)12-15-4-3-7-25-21(15)24/h3-8,13,16H,9-10,12H2,1-2H3,(H2,24,25)(H,26,28). The fourth-order valence-electron chi connectivity index (χ4n) is 4.01. The maximum atomic E-state index is 12.1. The molecule has 3 aromatic rings. The summed E-state index contributed by atoms with van der Waals surface area (Å²) in [5.41, 5.74) is 11.0. The third-order valence-electron chi connectivity index (χ3n) is 5.23. The molecule has 7 nitrogen and oxygen atoms in total. The first-order valence-corrected chi connectivity index (χ1v) is 9.67. The van der Waals surface area contributed by atoms with Crippen LogP contribution in [0, 0.1) is 11.3 Å². The normalized spacial score (nSPS) is 15.3. The minimum absolute atomic E-state index is 0.0427. The maximum absolute atomic E-state index is 12.1. The van der Waals surface area contributed by atoms with Gasteiger partial charge in [-0.3, -0.25) is 0 Å². The van der Waals surface area contributed by atoms with Crippen molar-refractivity contribution in [1.29, 1.82) is 5.26 Å². The highest BCUT2D eigenvalue weighted by Crippen LogP contribution is 2.35. The summed E-state index contributed by atoms with van der Waals surface area (Å²) in [4.78, 5) is 16.2. The molecule has 4 rings (SSSR count). The lowest BCUT2D eigenvalue weighted by molar-refractivity contribution is 0.112. The molecule has 2 aromatic heterocycles. The molecule has 29 heavy (non-hydrogen) atoms. The van der Waals surface area contributed by atoms with E-state index >= 15 is 0 Å². The minimum Gasteiger partial charge on any atom is -0.447 e. The molecule has 0 saturated heterocycles. The van der Waals surface area contributed by atoms with Crippen molar-refractivity contribution in [2.75, 3.05) is 5.73 Å². The number of nitrogens with two attached hydrogens (primary N) is 1. The summed E-state index contributed by atoms with van der Waals surface area (Å²) < 4.78 is 7.45. The number of hydrogen-bond donors (Lipinski definition) is 2. The van der Waals surface area contributed by atoms with Crippen LogP contribution in [0.2, 0.25) is 0 Å². The van der Waals surface area contributed by atoms with Crippen molar-refractivity contribution in [1.82, 2.24) is 14.9 Å². The Morgan fingerprint density at radius 3 is 2.97 bits per heavy atom. The summed E-state index contributed by atoms with van der Waals surface area (Å²) in [6.07, 6.45) is 2.50. The first-order valence-electron chi connectivity index (χ1n) is 9.67. The Morgan fingerprint density at radius 2 is 2.24 bits per heavy atom. The molecule has 0 radical (unpaired) electrons. The van der Waals surface area contributed by atoms with Gasteiger partial charge in [-0.05, 0) is 50.1 Å². The van der Waals surface area contributed by atoms with Crippen molar-refractivity contribution in [3.05, 3.63) is 58.9 Å². The van der Waals surface area contributed by atoms with E-state index < -0.39 is 6.09 Å². The number of pyridine rings is 1. The molecule has 1 amide bonds.